The molecule has 3 aliphatic rings. The lowest BCUT2D eigenvalue weighted by Gasteiger charge is -2.43. The van der Waals surface area contributed by atoms with Gasteiger partial charge in [0, 0.05) is 38.0 Å². The van der Waals surface area contributed by atoms with Crippen molar-refractivity contribution in [2.45, 2.75) is 44.1 Å². The predicted molar refractivity (Wildman–Crippen MR) is 103 cm³/mol. The van der Waals surface area contributed by atoms with E-state index in [1.165, 1.54) is 24.1 Å². The number of nitrogens with zero attached hydrogens (tertiary/aromatic N) is 2. The number of amides is 2. The van der Waals surface area contributed by atoms with E-state index in [-0.39, 0.29) is 17.4 Å². The summed E-state index contributed by atoms with van der Waals surface area (Å²) in [5, 5.41) is 9.08. The molecule has 3 heterocycles. The average Bonchev–Trinajstić information content (AvgIpc) is 3.10. The van der Waals surface area contributed by atoms with Gasteiger partial charge in [0.15, 0.2) is 0 Å². The standard InChI is InChI=1S/C20H28N2O4S/c1-21(12-14-3-2-4-14)19(25)17-11-15-16(27-17)5-10-26-20(15)6-8-22(9-7-20)18(24)13-23/h11,14,23H,2-10,12-13H2,1H3. The zero-order chi connectivity index (χ0) is 19.0. The summed E-state index contributed by atoms with van der Waals surface area (Å²) < 4.78 is 6.22. The van der Waals surface area contributed by atoms with Gasteiger partial charge in [-0.3, -0.25) is 9.59 Å². The third kappa shape index (κ3) is 3.52. The van der Waals surface area contributed by atoms with E-state index < -0.39 is 6.61 Å². The smallest absolute Gasteiger partial charge is 0.263 e. The van der Waals surface area contributed by atoms with Crippen molar-refractivity contribution in [1.29, 1.82) is 0 Å². The van der Waals surface area contributed by atoms with E-state index >= 15 is 0 Å². The summed E-state index contributed by atoms with van der Waals surface area (Å²) in [6, 6.07) is 2.04. The van der Waals surface area contributed by atoms with Crippen molar-refractivity contribution in [3.63, 3.8) is 0 Å². The fraction of sp³-hybridized carbons (Fsp3) is 0.700. The maximum atomic E-state index is 12.9. The van der Waals surface area contributed by atoms with Crippen molar-refractivity contribution in [2.75, 3.05) is 39.9 Å². The van der Waals surface area contributed by atoms with Gasteiger partial charge >= 0.3 is 0 Å². The van der Waals surface area contributed by atoms with Crippen LogP contribution in [0.2, 0.25) is 0 Å². The summed E-state index contributed by atoms with van der Waals surface area (Å²) in [4.78, 5) is 30.3. The molecular formula is C20H28N2O4S. The molecule has 1 saturated carbocycles. The molecule has 1 aromatic rings. The number of hydrogen-bond acceptors (Lipinski definition) is 5. The van der Waals surface area contributed by atoms with Crippen LogP contribution < -0.4 is 0 Å². The summed E-state index contributed by atoms with van der Waals surface area (Å²) in [5.74, 6) is 0.556. The summed E-state index contributed by atoms with van der Waals surface area (Å²) >= 11 is 1.61. The minimum absolute atomic E-state index is 0.115. The molecule has 1 saturated heterocycles. The maximum absolute atomic E-state index is 12.9. The number of ether oxygens (including phenoxy) is 1. The van der Waals surface area contributed by atoms with Crippen molar-refractivity contribution >= 4 is 23.2 Å². The first-order valence-electron chi connectivity index (χ1n) is 9.93. The van der Waals surface area contributed by atoms with E-state index in [0.717, 1.165) is 23.4 Å². The molecule has 7 heteroatoms. The van der Waals surface area contributed by atoms with Gasteiger partial charge in [0.25, 0.3) is 5.91 Å². The minimum Gasteiger partial charge on any atom is -0.387 e. The highest BCUT2D eigenvalue weighted by Gasteiger charge is 2.43. The van der Waals surface area contributed by atoms with Gasteiger partial charge in [-0.05, 0) is 43.2 Å². The number of fused-ring (bicyclic) bond motifs is 2. The molecule has 0 radical (unpaired) electrons. The van der Waals surface area contributed by atoms with Gasteiger partial charge in [-0.1, -0.05) is 6.42 Å². The van der Waals surface area contributed by atoms with Crippen LogP contribution in [0.3, 0.4) is 0 Å². The highest BCUT2D eigenvalue weighted by atomic mass is 32.1. The summed E-state index contributed by atoms with van der Waals surface area (Å²) in [6.07, 6.45) is 6.04. The molecule has 1 spiro atoms. The van der Waals surface area contributed by atoms with Crippen molar-refractivity contribution in [2.24, 2.45) is 5.92 Å². The normalized spacial score (nSPS) is 21.6. The number of thiophene rings is 1. The number of rotatable bonds is 4. The fourth-order valence-corrected chi connectivity index (χ4v) is 5.71. The molecule has 4 rings (SSSR count). The fourth-order valence-electron chi connectivity index (χ4n) is 4.49. The Morgan fingerprint density at radius 1 is 1.37 bits per heavy atom. The molecule has 0 atom stereocenters. The van der Waals surface area contributed by atoms with E-state index in [9.17, 15) is 9.59 Å². The van der Waals surface area contributed by atoms with Crippen LogP contribution in [0.25, 0.3) is 0 Å². The third-order valence-corrected chi connectivity index (χ3v) is 7.56. The van der Waals surface area contributed by atoms with Crippen LogP contribution in [-0.2, 0) is 21.6 Å². The largest absolute Gasteiger partial charge is 0.387 e. The molecule has 0 aromatic carbocycles. The first-order valence-corrected chi connectivity index (χ1v) is 10.8. The number of carbonyl (C=O) groups excluding carboxylic acids is 2. The molecule has 0 bridgehead atoms. The SMILES string of the molecule is CN(CC1CCC1)C(=O)c1cc2c(s1)CCOC21CCN(C(=O)CO)CC1. The lowest BCUT2D eigenvalue weighted by Crippen LogP contribution is -2.48. The Morgan fingerprint density at radius 2 is 2.11 bits per heavy atom. The summed E-state index contributed by atoms with van der Waals surface area (Å²) in [6.45, 7) is 2.23. The quantitative estimate of drug-likeness (QED) is 0.851. The molecular weight excluding hydrogens is 364 g/mol. The van der Waals surface area contributed by atoms with Gasteiger partial charge in [0.05, 0.1) is 17.1 Å². The second kappa shape index (κ2) is 7.53. The van der Waals surface area contributed by atoms with Crippen LogP contribution in [0.4, 0.5) is 0 Å². The number of carbonyl (C=O) groups is 2. The van der Waals surface area contributed by atoms with Gasteiger partial charge in [-0.15, -0.1) is 11.3 Å². The van der Waals surface area contributed by atoms with Gasteiger partial charge in [0.1, 0.15) is 6.61 Å². The lowest BCUT2D eigenvalue weighted by atomic mass is 9.82. The van der Waals surface area contributed by atoms with Gasteiger partial charge < -0.3 is 19.6 Å². The van der Waals surface area contributed by atoms with Crippen molar-refractivity contribution < 1.29 is 19.4 Å². The molecule has 1 aliphatic carbocycles. The summed E-state index contributed by atoms with van der Waals surface area (Å²) in [5.41, 5.74) is 0.761. The zero-order valence-corrected chi connectivity index (χ0v) is 16.7. The van der Waals surface area contributed by atoms with Crippen LogP contribution in [0.1, 0.15) is 52.2 Å². The Kier molecular flexibility index (Phi) is 5.27. The Morgan fingerprint density at radius 3 is 2.74 bits per heavy atom. The van der Waals surface area contributed by atoms with E-state index in [1.807, 2.05) is 18.0 Å². The number of aliphatic hydroxyl groups is 1. The van der Waals surface area contributed by atoms with E-state index in [1.54, 1.807) is 16.2 Å². The molecule has 6 nitrogen and oxygen atoms in total. The number of piperidine rings is 1. The van der Waals surface area contributed by atoms with Crippen LogP contribution in [0.15, 0.2) is 6.07 Å². The second-order valence-electron chi connectivity index (χ2n) is 8.06. The van der Waals surface area contributed by atoms with Crippen LogP contribution >= 0.6 is 11.3 Å². The van der Waals surface area contributed by atoms with E-state index in [2.05, 4.69) is 0 Å². The number of hydrogen-bond donors (Lipinski definition) is 1. The van der Waals surface area contributed by atoms with Crippen molar-refractivity contribution in [3.8, 4) is 0 Å². The molecule has 148 valence electrons. The van der Waals surface area contributed by atoms with Crippen LogP contribution in [0, 0.1) is 5.92 Å². The molecule has 1 aromatic heterocycles. The Bertz CT molecular complexity index is 720. The molecule has 2 aliphatic heterocycles. The molecule has 2 amide bonds. The van der Waals surface area contributed by atoms with Crippen LogP contribution in [-0.4, -0.2) is 66.6 Å². The minimum atomic E-state index is -0.441. The maximum Gasteiger partial charge on any atom is 0.263 e. The Hall–Kier alpha value is -1.44. The predicted octanol–water partition coefficient (Wildman–Crippen LogP) is 2.00. The van der Waals surface area contributed by atoms with Gasteiger partial charge in [-0.2, -0.15) is 0 Å². The van der Waals surface area contributed by atoms with E-state index in [4.69, 9.17) is 9.84 Å². The van der Waals surface area contributed by atoms with Crippen molar-refractivity contribution in [1.82, 2.24) is 9.80 Å². The lowest BCUT2D eigenvalue weighted by molar-refractivity contribution is -0.143. The number of likely N-dealkylation sites (tertiary alicyclic amines) is 1. The Labute approximate surface area is 164 Å². The number of aliphatic hydroxyl groups excluding tert-OH is 1. The first-order chi connectivity index (χ1) is 13.0. The highest BCUT2D eigenvalue weighted by Crippen LogP contribution is 2.44. The first kappa shape index (κ1) is 18.9. The second-order valence-corrected chi connectivity index (χ2v) is 9.20. The van der Waals surface area contributed by atoms with Gasteiger partial charge in [-0.25, -0.2) is 0 Å². The Balaban J connectivity index is 1.50. The molecule has 1 N–H and O–H groups in total. The summed E-state index contributed by atoms with van der Waals surface area (Å²) in [7, 11) is 1.91. The zero-order valence-electron chi connectivity index (χ0n) is 15.9. The monoisotopic (exact) mass is 392 g/mol. The van der Waals surface area contributed by atoms with Crippen molar-refractivity contribution in [3.05, 3.63) is 21.4 Å². The van der Waals surface area contributed by atoms with Gasteiger partial charge in [0.2, 0.25) is 5.91 Å². The molecule has 2 fully saturated rings. The topological polar surface area (TPSA) is 70.1 Å². The highest BCUT2D eigenvalue weighted by molar-refractivity contribution is 7.14. The molecule has 27 heavy (non-hydrogen) atoms. The molecule has 0 unspecified atom stereocenters. The average molecular weight is 393 g/mol. The third-order valence-electron chi connectivity index (χ3n) is 6.38. The van der Waals surface area contributed by atoms with E-state index in [0.29, 0.717) is 38.5 Å². The van der Waals surface area contributed by atoms with Crippen LogP contribution in [0.5, 0.6) is 0 Å².